The molecular weight excluding hydrogens is 600 g/mol. The van der Waals surface area contributed by atoms with E-state index in [9.17, 15) is 24.3 Å². The van der Waals surface area contributed by atoms with Crippen LogP contribution in [-0.4, -0.2) is 65.9 Å². The molecule has 1 amide bonds. The van der Waals surface area contributed by atoms with E-state index in [2.05, 4.69) is 26.2 Å². The molecule has 220 valence electrons. The Kier molecular flexibility index (Phi) is 10.2. The number of amides is 1. The van der Waals surface area contributed by atoms with Gasteiger partial charge in [0.05, 0.1) is 13.0 Å². The number of carbonyl (C=O) groups excluding carboxylic acids is 4. The monoisotopic (exact) mass is 632 g/mol. The number of benzene rings is 1. The first kappa shape index (κ1) is 30.3. The molecule has 12 heteroatoms. The first-order valence-corrected chi connectivity index (χ1v) is 14.3. The molecule has 2 fully saturated rings. The standard InChI is InChI=1S/C29H33BrN2O9/c1-16-25(41-27(35)18-11-7-4-8-12-18)19(13-17-9-5-3-6-10-17)28(36)39-15-20(29(37)40-16)31-26(34)23-24(33)21(38-2)14-22(30)32-23/h3,5-6,9-10,14,16,18-20,25,33H,4,7-8,11-13,15H2,1-2H3,(H,31,34)/t16-,19+,20-,25-/m0/s1. The van der Waals surface area contributed by atoms with Crippen LogP contribution >= 0.6 is 15.9 Å². The van der Waals surface area contributed by atoms with Crippen LogP contribution in [0.3, 0.4) is 0 Å². The van der Waals surface area contributed by atoms with Gasteiger partial charge in [0.25, 0.3) is 5.91 Å². The van der Waals surface area contributed by atoms with E-state index in [1.807, 2.05) is 30.3 Å². The van der Waals surface area contributed by atoms with Crippen LogP contribution in [0.25, 0.3) is 0 Å². The van der Waals surface area contributed by atoms with Crippen molar-refractivity contribution in [2.45, 2.75) is 63.7 Å². The van der Waals surface area contributed by atoms with Crippen molar-refractivity contribution in [1.82, 2.24) is 10.3 Å². The Bertz CT molecular complexity index is 1270. The second-order valence-corrected chi connectivity index (χ2v) is 11.0. The lowest BCUT2D eigenvalue weighted by atomic mass is 9.88. The number of hydrogen-bond acceptors (Lipinski definition) is 10. The molecule has 0 bridgehead atoms. The van der Waals surface area contributed by atoms with E-state index in [4.69, 9.17) is 18.9 Å². The van der Waals surface area contributed by atoms with Gasteiger partial charge in [0.2, 0.25) is 0 Å². The predicted molar refractivity (Wildman–Crippen MR) is 148 cm³/mol. The molecule has 1 aromatic heterocycles. The number of pyridine rings is 1. The second-order valence-electron chi connectivity index (χ2n) is 10.2. The van der Waals surface area contributed by atoms with Crippen molar-refractivity contribution in [3.63, 3.8) is 0 Å². The fourth-order valence-electron chi connectivity index (χ4n) is 5.07. The molecule has 4 atom stereocenters. The van der Waals surface area contributed by atoms with E-state index < -0.39 is 66.0 Å². The van der Waals surface area contributed by atoms with Gasteiger partial charge >= 0.3 is 17.9 Å². The van der Waals surface area contributed by atoms with Crippen molar-refractivity contribution in [3.8, 4) is 11.5 Å². The zero-order valence-corrected chi connectivity index (χ0v) is 24.4. The number of methoxy groups -OCH3 is 1. The molecule has 1 aromatic carbocycles. The molecule has 0 radical (unpaired) electrons. The zero-order valence-electron chi connectivity index (χ0n) is 22.8. The number of aromatic nitrogens is 1. The first-order chi connectivity index (χ1) is 19.7. The molecule has 41 heavy (non-hydrogen) atoms. The van der Waals surface area contributed by atoms with Crippen LogP contribution in [0.5, 0.6) is 11.5 Å². The zero-order chi connectivity index (χ0) is 29.5. The highest BCUT2D eigenvalue weighted by Gasteiger charge is 2.43. The summed E-state index contributed by atoms with van der Waals surface area (Å²) in [6.07, 6.45) is 2.31. The summed E-state index contributed by atoms with van der Waals surface area (Å²) in [5.74, 6) is -4.77. The van der Waals surface area contributed by atoms with E-state index >= 15 is 0 Å². The molecule has 2 aromatic rings. The number of cyclic esters (lactones) is 2. The van der Waals surface area contributed by atoms with E-state index in [-0.39, 0.29) is 22.7 Å². The van der Waals surface area contributed by atoms with Crippen molar-refractivity contribution in [3.05, 3.63) is 52.3 Å². The molecule has 1 saturated carbocycles. The molecule has 2 heterocycles. The average Bonchev–Trinajstić information content (AvgIpc) is 3.01. The summed E-state index contributed by atoms with van der Waals surface area (Å²) in [5, 5.41) is 12.8. The molecule has 1 aliphatic heterocycles. The number of nitrogens with zero attached hydrogens (tertiary/aromatic N) is 1. The maximum Gasteiger partial charge on any atom is 0.332 e. The van der Waals surface area contributed by atoms with Gasteiger partial charge in [0.15, 0.2) is 29.3 Å². The summed E-state index contributed by atoms with van der Waals surface area (Å²) in [6, 6.07) is 9.12. The number of ether oxygens (including phenoxy) is 4. The SMILES string of the molecule is COc1cc(Br)nc(C(=O)N[C@H]2COC(=O)[C@H](Cc3ccccc3)[C@@H](OC(=O)C3CCCCC3)[C@H](C)OC2=O)c1O. The van der Waals surface area contributed by atoms with Crippen LogP contribution < -0.4 is 10.1 Å². The first-order valence-electron chi connectivity index (χ1n) is 13.5. The van der Waals surface area contributed by atoms with Crippen LogP contribution in [0.15, 0.2) is 41.0 Å². The van der Waals surface area contributed by atoms with Gasteiger partial charge in [-0.2, -0.15) is 0 Å². The van der Waals surface area contributed by atoms with Gasteiger partial charge in [-0.15, -0.1) is 0 Å². The number of hydrogen-bond donors (Lipinski definition) is 2. The Hall–Kier alpha value is -3.67. The van der Waals surface area contributed by atoms with Gasteiger partial charge < -0.3 is 29.4 Å². The Morgan fingerprint density at radius 1 is 1.12 bits per heavy atom. The quantitative estimate of drug-likeness (QED) is 0.264. The molecule has 2 aliphatic rings. The van der Waals surface area contributed by atoms with Crippen LogP contribution in [0.4, 0.5) is 0 Å². The highest BCUT2D eigenvalue weighted by atomic mass is 79.9. The molecule has 2 N–H and O–H groups in total. The summed E-state index contributed by atoms with van der Waals surface area (Å²) in [5.41, 5.74) is 0.394. The minimum atomic E-state index is -1.43. The summed E-state index contributed by atoms with van der Waals surface area (Å²) >= 11 is 3.15. The summed E-state index contributed by atoms with van der Waals surface area (Å²) in [4.78, 5) is 56.8. The molecule has 1 saturated heterocycles. The smallest absolute Gasteiger partial charge is 0.332 e. The van der Waals surface area contributed by atoms with Crippen molar-refractivity contribution in [2.75, 3.05) is 13.7 Å². The van der Waals surface area contributed by atoms with Gasteiger partial charge in [-0.1, -0.05) is 49.6 Å². The Morgan fingerprint density at radius 2 is 1.83 bits per heavy atom. The number of carbonyl (C=O) groups is 4. The van der Waals surface area contributed by atoms with E-state index in [1.54, 1.807) is 6.92 Å². The second kappa shape index (κ2) is 13.8. The number of rotatable bonds is 7. The third kappa shape index (κ3) is 7.55. The van der Waals surface area contributed by atoms with Crippen molar-refractivity contribution in [2.24, 2.45) is 11.8 Å². The molecule has 1 aliphatic carbocycles. The third-order valence-electron chi connectivity index (χ3n) is 7.30. The van der Waals surface area contributed by atoms with Gasteiger partial charge in [-0.25, -0.2) is 9.78 Å². The van der Waals surface area contributed by atoms with E-state index in [0.29, 0.717) is 12.8 Å². The fraction of sp³-hybridized carbons (Fsp3) is 0.483. The van der Waals surface area contributed by atoms with Gasteiger partial charge in [-0.05, 0) is 47.7 Å². The van der Waals surface area contributed by atoms with Crippen molar-refractivity contribution < 1.29 is 43.2 Å². The summed E-state index contributed by atoms with van der Waals surface area (Å²) in [6.45, 7) is 0.995. The highest BCUT2D eigenvalue weighted by Crippen LogP contribution is 2.32. The molecule has 11 nitrogen and oxygen atoms in total. The lowest BCUT2D eigenvalue weighted by Gasteiger charge is -2.31. The topological polar surface area (TPSA) is 150 Å². The normalized spacial score (nSPS) is 23.7. The lowest BCUT2D eigenvalue weighted by molar-refractivity contribution is -0.177. The lowest BCUT2D eigenvalue weighted by Crippen LogP contribution is -2.47. The number of aromatic hydroxyl groups is 1. The van der Waals surface area contributed by atoms with Crippen LogP contribution in [0.2, 0.25) is 0 Å². The van der Waals surface area contributed by atoms with Crippen LogP contribution in [-0.2, 0) is 35.0 Å². The minimum Gasteiger partial charge on any atom is -0.503 e. The Balaban J connectivity index is 1.58. The predicted octanol–water partition coefficient (Wildman–Crippen LogP) is 3.50. The van der Waals surface area contributed by atoms with E-state index in [0.717, 1.165) is 24.8 Å². The molecule has 0 spiro atoms. The van der Waals surface area contributed by atoms with Crippen molar-refractivity contribution >= 4 is 39.7 Å². The largest absolute Gasteiger partial charge is 0.503 e. The highest BCUT2D eigenvalue weighted by molar-refractivity contribution is 9.10. The van der Waals surface area contributed by atoms with Crippen LogP contribution in [0.1, 0.15) is 55.1 Å². The Morgan fingerprint density at radius 3 is 2.51 bits per heavy atom. The maximum absolute atomic E-state index is 13.5. The number of halogens is 1. The van der Waals surface area contributed by atoms with Crippen molar-refractivity contribution in [1.29, 1.82) is 0 Å². The maximum atomic E-state index is 13.5. The average molecular weight is 633 g/mol. The number of nitrogens with one attached hydrogen (secondary N) is 1. The molecule has 4 rings (SSSR count). The van der Waals surface area contributed by atoms with Gasteiger partial charge in [-0.3, -0.25) is 14.4 Å². The Labute approximate surface area is 246 Å². The summed E-state index contributed by atoms with van der Waals surface area (Å²) in [7, 11) is 1.31. The molecule has 0 unspecified atom stereocenters. The third-order valence-corrected chi connectivity index (χ3v) is 7.70. The summed E-state index contributed by atoms with van der Waals surface area (Å²) < 4.78 is 22.3. The van der Waals surface area contributed by atoms with Gasteiger partial charge in [0, 0.05) is 6.07 Å². The number of esters is 3. The fourth-order valence-corrected chi connectivity index (χ4v) is 5.46. The van der Waals surface area contributed by atoms with E-state index in [1.165, 1.54) is 13.2 Å². The minimum absolute atomic E-state index is 0.0134. The molecular formula is C29H33BrN2O9. The van der Waals surface area contributed by atoms with Crippen LogP contribution in [0, 0.1) is 11.8 Å². The van der Waals surface area contributed by atoms with Gasteiger partial charge in [0.1, 0.15) is 23.2 Å².